The van der Waals surface area contributed by atoms with E-state index >= 15 is 0 Å². The van der Waals surface area contributed by atoms with E-state index in [4.69, 9.17) is 18.0 Å². The van der Waals surface area contributed by atoms with Crippen molar-refractivity contribution in [3.05, 3.63) is 23.4 Å². The van der Waals surface area contributed by atoms with Crippen LogP contribution in [0.4, 0.5) is 5.82 Å². The number of rotatable bonds is 4. The minimum atomic E-state index is 0.411. The molecule has 1 fully saturated rings. The largest absolute Gasteiger partial charge is 0.389 e. The van der Waals surface area contributed by atoms with Gasteiger partial charge in [0.25, 0.3) is 0 Å². The van der Waals surface area contributed by atoms with Crippen LogP contribution in [0.1, 0.15) is 30.9 Å². The van der Waals surface area contributed by atoms with Gasteiger partial charge in [0.05, 0.1) is 5.56 Å². The molecule has 1 aromatic heterocycles. The van der Waals surface area contributed by atoms with Crippen LogP contribution in [0, 0.1) is 12.3 Å². The van der Waals surface area contributed by atoms with Crippen molar-refractivity contribution in [3.63, 3.8) is 0 Å². The number of aromatic nitrogens is 1. The first-order valence-corrected chi connectivity index (χ1v) is 5.92. The monoisotopic (exact) mass is 235 g/mol. The number of hydrogen-bond acceptors (Lipinski definition) is 3. The molecule has 0 spiro atoms. The molecule has 3 N–H and O–H groups in total. The maximum atomic E-state index is 5.72. The number of hydrogen-bond donors (Lipinski definition) is 2. The van der Waals surface area contributed by atoms with Gasteiger partial charge in [0.15, 0.2) is 0 Å². The van der Waals surface area contributed by atoms with E-state index in [0.717, 1.165) is 23.5 Å². The lowest BCUT2D eigenvalue weighted by molar-refractivity contribution is 0.609. The van der Waals surface area contributed by atoms with Crippen LogP contribution < -0.4 is 11.1 Å². The fourth-order valence-corrected chi connectivity index (χ4v) is 1.95. The zero-order chi connectivity index (χ0) is 11.8. The third kappa shape index (κ3) is 2.32. The Morgan fingerprint density at radius 3 is 2.88 bits per heavy atom. The lowest BCUT2D eigenvalue weighted by Gasteiger charge is -2.14. The predicted molar refractivity (Wildman–Crippen MR) is 70.7 cm³/mol. The molecule has 0 aromatic carbocycles. The Hall–Kier alpha value is -1.16. The SMILES string of the molecule is Cc1ccnc(NCC2(C)CC2)c1C(N)=S. The topological polar surface area (TPSA) is 50.9 Å². The van der Waals surface area contributed by atoms with Crippen molar-refractivity contribution in [2.45, 2.75) is 26.7 Å². The van der Waals surface area contributed by atoms with Gasteiger partial charge in [-0.15, -0.1) is 0 Å². The van der Waals surface area contributed by atoms with E-state index in [1.807, 2.05) is 13.0 Å². The van der Waals surface area contributed by atoms with Gasteiger partial charge in [-0.2, -0.15) is 0 Å². The average Bonchev–Trinajstić information content (AvgIpc) is 2.94. The number of anilines is 1. The maximum absolute atomic E-state index is 5.72. The van der Waals surface area contributed by atoms with Crippen molar-refractivity contribution in [2.75, 3.05) is 11.9 Å². The van der Waals surface area contributed by atoms with Crippen molar-refractivity contribution in [1.29, 1.82) is 0 Å². The highest BCUT2D eigenvalue weighted by molar-refractivity contribution is 7.80. The molecule has 1 saturated carbocycles. The highest BCUT2D eigenvalue weighted by Gasteiger charge is 2.37. The minimum absolute atomic E-state index is 0.411. The molecule has 1 heterocycles. The highest BCUT2D eigenvalue weighted by atomic mass is 32.1. The number of nitrogens with one attached hydrogen (secondary N) is 1. The van der Waals surface area contributed by atoms with Gasteiger partial charge in [-0.3, -0.25) is 0 Å². The normalized spacial score (nSPS) is 16.9. The molecule has 0 unspecified atom stereocenters. The van der Waals surface area contributed by atoms with Gasteiger partial charge in [0.1, 0.15) is 10.8 Å². The number of thiocarbonyl (C=S) groups is 1. The van der Waals surface area contributed by atoms with Crippen LogP contribution >= 0.6 is 12.2 Å². The van der Waals surface area contributed by atoms with Crippen molar-refractivity contribution < 1.29 is 0 Å². The second kappa shape index (κ2) is 4.01. The molecule has 1 aliphatic carbocycles. The van der Waals surface area contributed by atoms with E-state index in [1.54, 1.807) is 6.20 Å². The van der Waals surface area contributed by atoms with Gasteiger partial charge in [-0.1, -0.05) is 19.1 Å². The summed E-state index contributed by atoms with van der Waals surface area (Å²) in [6.45, 7) is 5.22. The fourth-order valence-electron chi connectivity index (χ4n) is 1.69. The van der Waals surface area contributed by atoms with Gasteiger partial charge in [-0.05, 0) is 36.8 Å². The molecule has 3 nitrogen and oxygen atoms in total. The van der Waals surface area contributed by atoms with E-state index in [0.29, 0.717) is 10.4 Å². The molecule has 0 radical (unpaired) electrons. The van der Waals surface area contributed by atoms with Crippen molar-refractivity contribution in [3.8, 4) is 0 Å². The van der Waals surface area contributed by atoms with Gasteiger partial charge >= 0.3 is 0 Å². The molecule has 0 saturated heterocycles. The predicted octanol–water partition coefficient (Wildman–Crippen LogP) is 2.24. The number of pyridine rings is 1. The van der Waals surface area contributed by atoms with Crippen molar-refractivity contribution in [2.24, 2.45) is 11.1 Å². The Morgan fingerprint density at radius 1 is 1.62 bits per heavy atom. The minimum Gasteiger partial charge on any atom is -0.389 e. The number of nitrogens with two attached hydrogens (primary N) is 1. The van der Waals surface area contributed by atoms with Crippen molar-refractivity contribution in [1.82, 2.24) is 4.98 Å². The smallest absolute Gasteiger partial charge is 0.136 e. The lowest BCUT2D eigenvalue weighted by atomic mass is 10.1. The van der Waals surface area contributed by atoms with Gasteiger partial charge in [0, 0.05) is 12.7 Å². The zero-order valence-electron chi connectivity index (χ0n) is 9.71. The Labute approximate surface area is 101 Å². The van der Waals surface area contributed by atoms with Gasteiger partial charge < -0.3 is 11.1 Å². The second-order valence-electron chi connectivity index (χ2n) is 4.88. The van der Waals surface area contributed by atoms with E-state index in [2.05, 4.69) is 17.2 Å². The maximum Gasteiger partial charge on any atom is 0.136 e. The first-order chi connectivity index (χ1) is 7.52. The first kappa shape index (κ1) is 11.3. The first-order valence-electron chi connectivity index (χ1n) is 5.51. The molecular weight excluding hydrogens is 218 g/mol. The number of aryl methyl sites for hydroxylation is 1. The van der Waals surface area contributed by atoms with Crippen molar-refractivity contribution >= 4 is 23.0 Å². The lowest BCUT2D eigenvalue weighted by Crippen LogP contribution is -2.19. The molecule has 0 atom stereocenters. The van der Waals surface area contributed by atoms with Crippen LogP contribution in [0.2, 0.25) is 0 Å². The summed E-state index contributed by atoms with van der Waals surface area (Å²) in [6, 6.07) is 1.93. The molecular formula is C12H17N3S. The highest BCUT2D eigenvalue weighted by Crippen LogP contribution is 2.44. The van der Waals surface area contributed by atoms with Crippen LogP contribution in [0.5, 0.6) is 0 Å². The summed E-state index contributed by atoms with van der Waals surface area (Å²) in [5, 5.41) is 3.36. The Balaban J connectivity index is 2.19. The van der Waals surface area contributed by atoms with Crippen LogP contribution in [0.25, 0.3) is 0 Å². The third-order valence-electron chi connectivity index (χ3n) is 3.19. The Kier molecular flexibility index (Phi) is 2.84. The van der Waals surface area contributed by atoms with Gasteiger partial charge in [-0.25, -0.2) is 4.98 Å². The van der Waals surface area contributed by atoms with Gasteiger partial charge in [0.2, 0.25) is 0 Å². The number of nitrogens with zero attached hydrogens (tertiary/aromatic N) is 1. The second-order valence-corrected chi connectivity index (χ2v) is 5.32. The van der Waals surface area contributed by atoms with E-state index in [9.17, 15) is 0 Å². The molecule has 0 amide bonds. The molecule has 0 aliphatic heterocycles. The molecule has 86 valence electrons. The van der Waals surface area contributed by atoms with Crippen LogP contribution in [0.3, 0.4) is 0 Å². The molecule has 2 rings (SSSR count). The fraction of sp³-hybridized carbons (Fsp3) is 0.500. The summed E-state index contributed by atoms with van der Waals surface area (Å²) in [7, 11) is 0. The van der Waals surface area contributed by atoms with Crippen LogP contribution in [0.15, 0.2) is 12.3 Å². The molecule has 1 aliphatic rings. The summed E-state index contributed by atoms with van der Waals surface area (Å²) in [5.41, 5.74) is 8.12. The van der Waals surface area contributed by atoms with E-state index in [-0.39, 0.29) is 0 Å². The van der Waals surface area contributed by atoms with Crippen LogP contribution in [-0.2, 0) is 0 Å². The Morgan fingerprint density at radius 2 is 2.31 bits per heavy atom. The Bertz CT molecular complexity index is 424. The summed E-state index contributed by atoms with van der Waals surface area (Å²) in [5.74, 6) is 0.820. The quantitative estimate of drug-likeness (QED) is 0.786. The average molecular weight is 235 g/mol. The summed E-state index contributed by atoms with van der Waals surface area (Å²) >= 11 is 5.06. The third-order valence-corrected chi connectivity index (χ3v) is 3.40. The van der Waals surface area contributed by atoms with E-state index < -0.39 is 0 Å². The molecule has 16 heavy (non-hydrogen) atoms. The summed E-state index contributed by atoms with van der Waals surface area (Å²) < 4.78 is 0. The van der Waals surface area contributed by atoms with E-state index in [1.165, 1.54) is 12.8 Å². The molecule has 4 heteroatoms. The molecule has 0 bridgehead atoms. The standard InChI is InChI=1S/C12H17N3S/c1-8-3-6-14-11(9(8)10(13)16)15-7-12(2)4-5-12/h3,6H,4-5,7H2,1-2H3,(H2,13,16)(H,14,15). The molecule has 1 aromatic rings. The summed E-state index contributed by atoms with van der Waals surface area (Å²) in [6.07, 6.45) is 4.36. The van der Waals surface area contributed by atoms with Crippen LogP contribution in [-0.4, -0.2) is 16.5 Å². The zero-order valence-corrected chi connectivity index (χ0v) is 10.5. The summed E-state index contributed by atoms with van der Waals surface area (Å²) in [4.78, 5) is 4.72.